The van der Waals surface area contributed by atoms with Crippen LogP contribution in [0.2, 0.25) is 0 Å². The van der Waals surface area contributed by atoms with Crippen molar-refractivity contribution in [2.24, 2.45) is 0 Å². The van der Waals surface area contributed by atoms with Gasteiger partial charge >= 0.3 is 0 Å². The number of hydrogen-bond acceptors (Lipinski definition) is 4. The lowest BCUT2D eigenvalue weighted by Gasteiger charge is -2.14. The van der Waals surface area contributed by atoms with E-state index in [-0.39, 0.29) is 5.91 Å². The molecule has 5 nitrogen and oxygen atoms in total. The van der Waals surface area contributed by atoms with Crippen molar-refractivity contribution in [3.05, 3.63) is 53.1 Å². The van der Waals surface area contributed by atoms with Crippen LogP contribution in [0.4, 0.5) is 0 Å². The maximum atomic E-state index is 12.2. The van der Waals surface area contributed by atoms with Gasteiger partial charge in [-0.2, -0.15) is 0 Å². The SMILES string of the molecule is COc1cccc(CC(=O)NCc2cc(OC)c(C)cc2OC)c1. The Morgan fingerprint density at radius 2 is 1.75 bits per heavy atom. The Morgan fingerprint density at radius 3 is 2.42 bits per heavy atom. The summed E-state index contributed by atoms with van der Waals surface area (Å²) in [7, 11) is 4.85. The van der Waals surface area contributed by atoms with Gasteiger partial charge in [0.1, 0.15) is 17.2 Å². The molecule has 0 unspecified atom stereocenters. The molecule has 1 amide bonds. The van der Waals surface area contributed by atoms with Crippen LogP contribution in [0.3, 0.4) is 0 Å². The smallest absolute Gasteiger partial charge is 0.224 e. The number of nitrogens with one attached hydrogen (secondary N) is 1. The van der Waals surface area contributed by atoms with Crippen molar-refractivity contribution in [3.63, 3.8) is 0 Å². The van der Waals surface area contributed by atoms with Gasteiger partial charge in [-0.05, 0) is 42.3 Å². The summed E-state index contributed by atoms with van der Waals surface area (Å²) in [4.78, 5) is 12.2. The summed E-state index contributed by atoms with van der Waals surface area (Å²) in [6.45, 7) is 2.33. The van der Waals surface area contributed by atoms with Crippen LogP contribution in [-0.4, -0.2) is 27.2 Å². The fraction of sp³-hybridized carbons (Fsp3) is 0.316. The quantitative estimate of drug-likeness (QED) is 0.848. The Bertz CT molecular complexity index is 713. The third-order valence-electron chi connectivity index (χ3n) is 3.77. The summed E-state index contributed by atoms with van der Waals surface area (Å²) in [5, 5.41) is 2.92. The highest BCUT2D eigenvalue weighted by molar-refractivity contribution is 5.78. The van der Waals surface area contributed by atoms with E-state index in [9.17, 15) is 4.79 Å². The molecular formula is C19H23NO4. The van der Waals surface area contributed by atoms with Crippen LogP contribution in [0.15, 0.2) is 36.4 Å². The fourth-order valence-corrected chi connectivity index (χ4v) is 2.48. The number of rotatable bonds is 7. The van der Waals surface area contributed by atoms with E-state index in [1.807, 2.05) is 43.3 Å². The maximum Gasteiger partial charge on any atom is 0.224 e. The molecule has 0 bridgehead atoms. The molecule has 24 heavy (non-hydrogen) atoms. The monoisotopic (exact) mass is 329 g/mol. The number of carbonyl (C=O) groups is 1. The first kappa shape index (κ1) is 17.7. The molecule has 0 saturated carbocycles. The molecule has 0 aromatic heterocycles. The van der Waals surface area contributed by atoms with Crippen LogP contribution >= 0.6 is 0 Å². The van der Waals surface area contributed by atoms with E-state index in [0.29, 0.717) is 13.0 Å². The number of ether oxygens (including phenoxy) is 3. The molecule has 1 N–H and O–H groups in total. The van der Waals surface area contributed by atoms with Gasteiger partial charge in [-0.1, -0.05) is 12.1 Å². The van der Waals surface area contributed by atoms with E-state index >= 15 is 0 Å². The second kappa shape index (κ2) is 8.24. The molecule has 0 fully saturated rings. The second-order valence-electron chi connectivity index (χ2n) is 5.44. The van der Waals surface area contributed by atoms with Crippen LogP contribution < -0.4 is 19.5 Å². The Morgan fingerprint density at radius 1 is 1.00 bits per heavy atom. The van der Waals surface area contributed by atoms with Gasteiger partial charge in [-0.15, -0.1) is 0 Å². The Hall–Kier alpha value is -2.69. The topological polar surface area (TPSA) is 56.8 Å². The van der Waals surface area contributed by atoms with E-state index in [0.717, 1.165) is 33.9 Å². The average molecular weight is 329 g/mol. The zero-order valence-electron chi connectivity index (χ0n) is 14.5. The lowest BCUT2D eigenvalue weighted by molar-refractivity contribution is -0.120. The molecule has 0 aliphatic heterocycles. The minimum absolute atomic E-state index is 0.0650. The van der Waals surface area contributed by atoms with Crippen LogP contribution in [0.25, 0.3) is 0 Å². The average Bonchev–Trinajstić information content (AvgIpc) is 2.60. The van der Waals surface area contributed by atoms with Crippen LogP contribution in [0.5, 0.6) is 17.2 Å². The predicted octanol–water partition coefficient (Wildman–Crippen LogP) is 2.88. The molecule has 0 saturated heterocycles. The molecule has 0 heterocycles. The van der Waals surface area contributed by atoms with Gasteiger partial charge in [0.15, 0.2) is 0 Å². The fourth-order valence-electron chi connectivity index (χ4n) is 2.48. The van der Waals surface area contributed by atoms with Crippen molar-refractivity contribution in [2.75, 3.05) is 21.3 Å². The summed E-state index contributed by atoms with van der Waals surface area (Å²) in [6.07, 6.45) is 0.294. The minimum Gasteiger partial charge on any atom is -0.497 e. The van der Waals surface area contributed by atoms with Crippen LogP contribution in [0, 0.1) is 6.92 Å². The highest BCUT2D eigenvalue weighted by Crippen LogP contribution is 2.28. The van der Waals surface area contributed by atoms with Crippen LogP contribution in [-0.2, 0) is 17.8 Å². The number of amides is 1. The lowest BCUT2D eigenvalue weighted by atomic mass is 10.1. The largest absolute Gasteiger partial charge is 0.497 e. The summed E-state index contributed by atoms with van der Waals surface area (Å²) < 4.78 is 15.9. The number of methoxy groups -OCH3 is 3. The molecular weight excluding hydrogens is 306 g/mol. The molecule has 0 radical (unpaired) electrons. The van der Waals surface area contributed by atoms with Gasteiger partial charge < -0.3 is 19.5 Å². The summed E-state index contributed by atoms with van der Waals surface area (Å²) in [6, 6.07) is 11.3. The molecule has 2 rings (SSSR count). The zero-order valence-corrected chi connectivity index (χ0v) is 14.5. The maximum absolute atomic E-state index is 12.2. The second-order valence-corrected chi connectivity index (χ2v) is 5.44. The Labute approximate surface area is 142 Å². The van der Waals surface area contributed by atoms with Crippen molar-refractivity contribution < 1.29 is 19.0 Å². The molecule has 0 aliphatic rings. The van der Waals surface area contributed by atoms with Gasteiger partial charge in [0.25, 0.3) is 0 Å². The number of aryl methyl sites for hydroxylation is 1. The number of carbonyl (C=O) groups excluding carboxylic acids is 1. The van der Waals surface area contributed by atoms with Crippen molar-refractivity contribution >= 4 is 5.91 Å². The van der Waals surface area contributed by atoms with Crippen molar-refractivity contribution in [1.29, 1.82) is 0 Å². The third kappa shape index (κ3) is 4.41. The van der Waals surface area contributed by atoms with E-state index in [4.69, 9.17) is 14.2 Å². The van der Waals surface area contributed by atoms with Gasteiger partial charge in [-0.3, -0.25) is 4.79 Å². The molecule has 2 aromatic carbocycles. The van der Waals surface area contributed by atoms with Gasteiger partial charge in [-0.25, -0.2) is 0 Å². The van der Waals surface area contributed by atoms with E-state index in [1.165, 1.54) is 0 Å². The summed E-state index contributed by atoms with van der Waals surface area (Å²) >= 11 is 0. The lowest BCUT2D eigenvalue weighted by Crippen LogP contribution is -2.24. The van der Waals surface area contributed by atoms with E-state index < -0.39 is 0 Å². The molecule has 5 heteroatoms. The normalized spacial score (nSPS) is 10.2. The summed E-state index contributed by atoms with van der Waals surface area (Å²) in [5.74, 6) is 2.18. The van der Waals surface area contributed by atoms with Crippen molar-refractivity contribution in [1.82, 2.24) is 5.32 Å². The molecule has 0 aliphatic carbocycles. The first-order valence-corrected chi connectivity index (χ1v) is 7.68. The molecule has 0 spiro atoms. The van der Waals surface area contributed by atoms with Crippen molar-refractivity contribution in [3.8, 4) is 17.2 Å². The number of hydrogen-bond donors (Lipinski definition) is 1. The minimum atomic E-state index is -0.0650. The third-order valence-corrected chi connectivity index (χ3v) is 3.77. The van der Waals surface area contributed by atoms with Crippen molar-refractivity contribution in [2.45, 2.75) is 19.9 Å². The summed E-state index contributed by atoms with van der Waals surface area (Å²) in [5.41, 5.74) is 2.76. The Balaban J connectivity index is 2.03. The molecule has 128 valence electrons. The predicted molar refractivity (Wildman–Crippen MR) is 92.8 cm³/mol. The Kier molecular flexibility index (Phi) is 6.07. The zero-order chi connectivity index (χ0) is 17.5. The van der Waals surface area contributed by atoms with Gasteiger partial charge in [0, 0.05) is 12.1 Å². The highest BCUT2D eigenvalue weighted by Gasteiger charge is 2.10. The molecule has 0 atom stereocenters. The molecule has 2 aromatic rings. The first-order valence-electron chi connectivity index (χ1n) is 7.68. The van der Waals surface area contributed by atoms with Gasteiger partial charge in [0.05, 0.1) is 27.8 Å². The number of benzene rings is 2. The van der Waals surface area contributed by atoms with E-state index in [1.54, 1.807) is 21.3 Å². The van der Waals surface area contributed by atoms with Crippen LogP contribution in [0.1, 0.15) is 16.7 Å². The van der Waals surface area contributed by atoms with Gasteiger partial charge in [0.2, 0.25) is 5.91 Å². The first-order chi connectivity index (χ1) is 11.6. The standard InChI is InChI=1S/C19H23NO4/c1-13-8-18(24-4)15(11-17(13)23-3)12-20-19(21)10-14-6-5-7-16(9-14)22-2/h5-9,11H,10,12H2,1-4H3,(H,20,21). The highest BCUT2D eigenvalue weighted by atomic mass is 16.5. The van der Waals surface area contributed by atoms with E-state index in [2.05, 4.69) is 5.32 Å².